The van der Waals surface area contributed by atoms with Crippen LogP contribution in [0, 0.1) is 0 Å². The minimum Gasteiger partial charge on any atom is -0.335 e. The molecule has 1 amide bonds. The Morgan fingerprint density at radius 1 is 1.44 bits per heavy atom. The lowest BCUT2D eigenvalue weighted by Crippen LogP contribution is -2.31. The van der Waals surface area contributed by atoms with Crippen molar-refractivity contribution in [3.63, 3.8) is 0 Å². The fourth-order valence-electron chi connectivity index (χ4n) is 1.48. The van der Waals surface area contributed by atoms with E-state index in [0.29, 0.717) is 6.54 Å². The van der Waals surface area contributed by atoms with Gasteiger partial charge in [0.1, 0.15) is 0 Å². The highest BCUT2D eigenvalue weighted by Gasteiger charge is 2.12. The number of carbonyl (C=O) groups is 1. The molecule has 0 aromatic heterocycles. The van der Waals surface area contributed by atoms with Gasteiger partial charge in [-0.3, -0.25) is 4.79 Å². The second-order valence-electron chi connectivity index (χ2n) is 3.55. The van der Waals surface area contributed by atoms with Gasteiger partial charge in [0, 0.05) is 23.1 Å². The normalized spacial score (nSPS) is 9.88. The summed E-state index contributed by atoms with van der Waals surface area (Å²) in [6, 6.07) is 7.42. The lowest BCUT2D eigenvalue weighted by atomic mass is 10.2. The van der Waals surface area contributed by atoms with Crippen LogP contribution < -0.4 is 0 Å². The summed E-state index contributed by atoms with van der Waals surface area (Å²) in [5.41, 5.74) is 0.721. The maximum Gasteiger partial charge on any atom is 0.254 e. The molecule has 1 rings (SSSR count). The molecule has 1 aromatic rings. The van der Waals surface area contributed by atoms with Crippen LogP contribution in [0.3, 0.4) is 0 Å². The number of hydrogen-bond acceptors (Lipinski definition) is 1. The molecule has 0 radical (unpaired) electrons. The molecule has 3 heteroatoms. The van der Waals surface area contributed by atoms with Crippen molar-refractivity contribution < 1.29 is 4.79 Å². The molecule has 0 aliphatic heterocycles. The first-order chi connectivity index (χ1) is 7.69. The average molecular weight is 282 g/mol. The number of carbonyl (C=O) groups excluding carboxylic acids is 1. The van der Waals surface area contributed by atoms with Gasteiger partial charge in [-0.2, -0.15) is 0 Å². The summed E-state index contributed by atoms with van der Waals surface area (Å²) in [5, 5.41) is 0. The van der Waals surface area contributed by atoms with Crippen molar-refractivity contribution in [2.45, 2.75) is 13.3 Å². The maximum absolute atomic E-state index is 12.1. The molecule has 0 saturated heterocycles. The fraction of sp³-hybridized carbons (Fsp3) is 0.308. The molecule has 0 N–H and O–H groups in total. The molecule has 2 nitrogen and oxygen atoms in total. The second-order valence-corrected chi connectivity index (χ2v) is 4.46. The molecule has 0 heterocycles. The van der Waals surface area contributed by atoms with Crippen LogP contribution in [0.25, 0.3) is 0 Å². The Morgan fingerprint density at radius 3 is 2.56 bits per heavy atom. The standard InChI is InChI=1S/C13H16BrNO/c1-3-9-15(10-4-2)13(16)11-5-7-12(14)8-6-11/h3,5-8H,1,4,9-10H2,2H3. The summed E-state index contributed by atoms with van der Waals surface area (Å²) in [6.45, 7) is 7.10. The van der Waals surface area contributed by atoms with E-state index in [1.165, 1.54) is 0 Å². The summed E-state index contributed by atoms with van der Waals surface area (Å²) < 4.78 is 0.981. The number of amides is 1. The molecule has 0 atom stereocenters. The zero-order valence-electron chi connectivity index (χ0n) is 9.45. The monoisotopic (exact) mass is 281 g/mol. The van der Waals surface area contributed by atoms with E-state index in [-0.39, 0.29) is 5.91 Å². The van der Waals surface area contributed by atoms with Gasteiger partial charge in [-0.1, -0.05) is 28.9 Å². The van der Waals surface area contributed by atoms with Crippen molar-refractivity contribution in [3.05, 3.63) is 47.0 Å². The van der Waals surface area contributed by atoms with E-state index in [4.69, 9.17) is 0 Å². The van der Waals surface area contributed by atoms with Crippen LogP contribution >= 0.6 is 15.9 Å². The highest BCUT2D eigenvalue weighted by Crippen LogP contribution is 2.12. The summed E-state index contributed by atoms with van der Waals surface area (Å²) in [5.74, 6) is 0.0641. The van der Waals surface area contributed by atoms with Gasteiger partial charge in [0.05, 0.1) is 0 Å². The van der Waals surface area contributed by atoms with E-state index in [9.17, 15) is 4.79 Å². The molecule has 0 aliphatic carbocycles. The number of benzene rings is 1. The molecule has 0 unspecified atom stereocenters. The smallest absolute Gasteiger partial charge is 0.254 e. The molecular weight excluding hydrogens is 266 g/mol. The van der Waals surface area contributed by atoms with Crippen molar-refractivity contribution in [2.75, 3.05) is 13.1 Å². The van der Waals surface area contributed by atoms with Crippen molar-refractivity contribution in [3.8, 4) is 0 Å². The number of hydrogen-bond donors (Lipinski definition) is 0. The van der Waals surface area contributed by atoms with Gasteiger partial charge in [-0.05, 0) is 30.7 Å². The van der Waals surface area contributed by atoms with Crippen LogP contribution in [-0.2, 0) is 0 Å². The minimum atomic E-state index is 0.0641. The first-order valence-corrected chi connectivity index (χ1v) is 6.14. The molecule has 0 aliphatic rings. The van der Waals surface area contributed by atoms with Gasteiger partial charge >= 0.3 is 0 Å². The molecule has 0 spiro atoms. The predicted octanol–water partition coefficient (Wildman–Crippen LogP) is 3.49. The van der Waals surface area contributed by atoms with Gasteiger partial charge in [0.25, 0.3) is 5.91 Å². The van der Waals surface area contributed by atoms with E-state index in [0.717, 1.165) is 23.0 Å². The Hall–Kier alpha value is -1.09. The number of halogens is 1. The lowest BCUT2D eigenvalue weighted by molar-refractivity contribution is 0.0774. The first kappa shape index (κ1) is 13.0. The Morgan fingerprint density at radius 2 is 2.06 bits per heavy atom. The van der Waals surface area contributed by atoms with Gasteiger partial charge in [0.15, 0.2) is 0 Å². The van der Waals surface area contributed by atoms with Gasteiger partial charge in [0.2, 0.25) is 0 Å². The highest BCUT2D eigenvalue weighted by atomic mass is 79.9. The molecule has 16 heavy (non-hydrogen) atoms. The summed E-state index contributed by atoms with van der Waals surface area (Å²) >= 11 is 3.35. The number of rotatable bonds is 5. The van der Waals surface area contributed by atoms with Crippen LogP contribution in [0.4, 0.5) is 0 Å². The molecule has 0 bridgehead atoms. The van der Waals surface area contributed by atoms with Crippen LogP contribution in [-0.4, -0.2) is 23.9 Å². The lowest BCUT2D eigenvalue weighted by Gasteiger charge is -2.20. The summed E-state index contributed by atoms with van der Waals surface area (Å²) in [6.07, 6.45) is 2.71. The van der Waals surface area contributed by atoms with E-state index in [1.54, 1.807) is 11.0 Å². The van der Waals surface area contributed by atoms with Crippen molar-refractivity contribution in [2.24, 2.45) is 0 Å². The highest BCUT2D eigenvalue weighted by molar-refractivity contribution is 9.10. The van der Waals surface area contributed by atoms with E-state index in [1.807, 2.05) is 24.3 Å². The summed E-state index contributed by atoms with van der Waals surface area (Å²) in [4.78, 5) is 13.9. The zero-order chi connectivity index (χ0) is 12.0. The van der Waals surface area contributed by atoms with Crippen molar-refractivity contribution >= 4 is 21.8 Å². The Labute approximate surface area is 105 Å². The molecule has 0 fully saturated rings. The van der Waals surface area contributed by atoms with Crippen molar-refractivity contribution in [1.82, 2.24) is 4.90 Å². The Balaban J connectivity index is 2.80. The first-order valence-electron chi connectivity index (χ1n) is 5.34. The third kappa shape index (κ3) is 3.49. The second kappa shape index (κ2) is 6.48. The third-order valence-electron chi connectivity index (χ3n) is 2.22. The van der Waals surface area contributed by atoms with Crippen LogP contribution in [0.2, 0.25) is 0 Å². The summed E-state index contributed by atoms with van der Waals surface area (Å²) in [7, 11) is 0. The predicted molar refractivity (Wildman–Crippen MR) is 70.5 cm³/mol. The third-order valence-corrected chi connectivity index (χ3v) is 2.75. The zero-order valence-corrected chi connectivity index (χ0v) is 11.0. The quantitative estimate of drug-likeness (QED) is 0.757. The SMILES string of the molecule is C=CCN(CCC)C(=O)c1ccc(Br)cc1. The van der Waals surface area contributed by atoms with Crippen LogP contribution in [0.15, 0.2) is 41.4 Å². The Kier molecular flexibility index (Phi) is 5.26. The van der Waals surface area contributed by atoms with Gasteiger partial charge < -0.3 is 4.90 Å². The van der Waals surface area contributed by atoms with E-state index >= 15 is 0 Å². The number of nitrogens with zero attached hydrogens (tertiary/aromatic N) is 1. The molecule has 0 saturated carbocycles. The molecular formula is C13H16BrNO. The minimum absolute atomic E-state index is 0.0641. The van der Waals surface area contributed by atoms with Gasteiger partial charge in [-0.15, -0.1) is 6.58 Å². The van der Waals surface area contributed by atoms with E-state index in [2.05, 4.69) is 29.4 Å². The largest absolute Gasteiger partial charge is 0.335 e. The van der Waals surface area contributed by atoms with Crippen LogP contribution in [0.1, 0.15) is 23.7 Å². The van der Waals surface area contributed by atoms with Crippen molar-refractivity contribution in [1.29, 1.82) is 0 Å². The topological polar surface area (TPSA) is 20.3 Å². The molecule has 1 aromatic carbocycles. The van der Waals surface area contributed by atoms with Gasteiger partial charge in [-0.25, -0.2) is 0 Å². The average Bonchev–Trinajstić information content (AvgIpc) is 2.29. The molecule has 86 valence electrons. The fourth-order valence-corrected chi connectivity index (χ4v) is 1.74. The van der Waals surface area contributed by atoms with E-state index < -0.39 is 0 Å². The maximum atomic E-state index is 12.1. The Bertz CT molecular complexity index is 359. The van der Waals surface area contributed by atoms with Crippen LogP contribution in [0.5, 0.6) is 0 Å².